The van der Waals surface area contributed by atoms with Crippen LogP contribution in [0.4, 0.5) is 0 Å². The second kappa shape index (κ2) is 12.4. The van der Waals surface area contributed by atoms with Gasteiger partial charge in [0.05, 0.1) is 24.6 Å². The molecule has 0 bridgehead atoms. The van der Waals surface area contributed by atoms with Crippen LogP contribution < -0.4 is 27.4 Å². The number of aromatic amines is 1. The third-order valence-corrected chi connectivity index (χ3v) is 5.21. The van der Waals surface area contributed by atoms with Crippen molar-refractivity contribution >= 4 is 29.7 Å². The Morgan fingerprint density at radius 3 is 2.73 bits per heavy atom. The van der Waals surface area contributed by atoms with Crippen molar-refractivity contribution in [1.29, 1.82) is 5.41 Å². The van der Waals surface area contributed by atoms with E-state index in [0.717, 1.165) is 0 Å². The van der Waals surface area contributed by atoms with Gasteiger partial charge < -0.3 is 42.4 Å². The zero-order valence-corrected chi connectivity index (χ0v) is 18.2. The lowest BCUT2D eigenvalue weighted by molar-refractivity contribution is -0.144. The Morgan fingerprint density at radius 2 is 2.09 bits per heavy atom. The number of H-pyrrole nitrogens is 1. The van der Waals surface area contributed by atoms with Crippen LogP contribution in [0.5, 0.6) is 0 Å². The first-order valence-corrected chi connectivity index (χ1v) is 10.6. The standard InChI is InChI=1S/C19H31N9O5/c20-12(7-11-8-23-10-26-11)16(30)25-9-15(29)28-6-2-4-14(28)17(31)27-13(18(32)33)3-1-5-24-19(21)22/h8,10,12-14H,1-7,9,20H2,(H,23,26)(H,25,30)(H,27,31)(H,32,33)(H4,21,22,24)/t12-,13-,14-/m0/s1. The topological polar surface area (TPSA) is 232 Å². The number of carbonyl (C=O) groups excluding carboxylic acids is 3. The van der Waals surface area contributed by atoms with E-state index in [1.165, 1.54) is 11.2 Å². The number of hydrogen-bond donors (Lipinski definition) is 8. The zero-order chi connectivity index (χ0) is 24.4. The van der Waals surface area contributed by atoms with Gasteiger partial charge in [0.25, 0.3) is 0 Å². The summed E-state index contributed by atoms with van der Waals surface area (Å²) in [5.74, 6) is -2.95. The van der Waals surface area contributed by atoms with E-state index < -0.39 is 41.8 Å². The van der Waals surface area contributed by atoms with Crippen molar-refractivity contribution in [3.63, 3.8) is 0 Å². The molecule has 14 heteroatoms. The maximum atomic E-state index is 12.7. The number of amides is 3. The number of nitrogens with one attached hydrogen (secondary N) is 5. The van der Waals surface area contributed by atoms with Crippen LogP contribution in [0.3, 0.4) is 0 Å². The Bertz CT molecular complexity index is 845. The molecule has 3 atom stereocenters. The average Bonchev–Trinajstić information content (AvgIpc) is 3.45. The third kappa shape index (κ3) is 8.07. The van der Waals surface area contributed by atoms with Crippen molar-refractivity contribution in [1.82, 2.24) is 30.8 Å². The minimum Gasteiger partial charge on any atom is -0.480 e. The lowest BCUT2D eigenvalue weighted by atomic mass is 10.1. The molecule has 0 radical (unpaired) electrons. The molecule has 1 aromatic rings. The highest BCUT2D eigenvalue weighted by Gasteiger charge is 2.35. The first-order valence-electron chi connectivity index (χ1n) is 10.6. The van der Waals surface area contributed by atoms with Crippen molar-refractivity contribution in [3.8, 4) is 0 Å². The summed E-state index contributed by atoms with van der Waals surface area (Å²) >= 11 is 0. The summed E-state index contributed by atoms with van der Waals surface area (Å²) in [5.41, 5.74) is 11.6. The number of carboxylic acids is 1. The number of imidazole rings is 1. The van der Waals surface area contributed by atoms with Gasteiger partial charge in [-0.05, 0) is 25.7 Å². The second-order valence-corrected chi connectivity index (χ2v) is 7.72. The van der Waals surface area contributed by atoms with Crippen molar-refractivity contribution in [3.05, 3.63) is 18.2 Å². The molecule has 0 unspecified atom stereocenters. The summed E-state index contributed by atoms with van der Waals surface area (Å²) in [5, 5.41) is 24.0. The van der Waals surface area contributed by atoms with Crippen molar-refractivity contribution < 1.29 is 24.3 Å². The fourth-order valence-corrected chi connectivity index (χ4v) is 3.51. The van der Waals surface area contributed by atoms with Crippen LogP contribution in [0, 0.1) is 5.41 Å². The predicted molar refractivity (Wildman–Crippen MR) is 117 cm³/mol. The maximum Gasteiger partial charge on any atom is 0.326 e. The summed E-state index contributed by atoms with van der Waals surface area (Å²) in [4.78, 5) is 57.1. The number of aromatic nitrogens is 2. The largest absolute Gasteiger partial charge is 0.480 e. The number of nitrogens with zero attached hydrogens (tertiary/aromatic N) is 2. The Morgan fingerprint density at radius 1 is 1.33 bits per heavy atom. The highest BCUT2D eigenvalue weighted by molar-refractivity contribution is 5.93. The number of nitrogens with two attached hydrogens (primary N) is 2. The molecule has 1 aliphatic heterocycles. The summed E-state index contributed by atoms with van der Waals surface area (Å²) in [7, 11) is 0. The van der Waals surface area contributed by atoms with Gasteiger partial charge in [0, 0.05) is 25.7 Å². The lowest BCUT2D eigenvalue weighted by Gasteiger charge is -2.26. The second-order valence-electron chi connectivity index (χ2n) is 7.72. The van der Waals surface area contributed by atoms with Crippen LogP contribution in [0.15, 0.2) is 12.5 Å². The van der Waals surface area contributed by atoms with E-state index in [9.17, 15) is 24.3 Å². The molecule has 3 amide bonds. The molecular formula is C19H31N9O5. The van der Waals surface area contributed by atoms with Gasteiger partial charge in [0.2, 0.25) is 17.7 Å². The predicted octanol–water partition coefficient (Wildman–Crippen LogP) is -2.78. The minimum atomic E-state index is -1.19. The molecule has 1 aromatic heterocycles. The van der Waals surface area contributed by atoms with Gasteiger partial charge in [-0.1, -0.05) is 0 Å². The SMILES string of the molecule is N=C(N)NCCC[C@H](NC(=O)[C@@H]1CCCN1C(=O)CNC(=O)[C@@H](N)Cc1c[nH]cn1)C(=O)O. The number of likely N-dealkylation sites (tertiary alicyclic amines) is 1. The molecule has 0 spiro atoms. The van der Waals surface area contributed by atoms with Gasteiger partial charge >= 0.3 is 5.97 Å². The van der Waals surface area contributed by atoms with E-state index >= 15 is 0 Å². The summed E-state index contributed by atoms with van der Waals surface area (Å²) in [6.45, 7) is 0.299. The number of rotatable bonds is 12. The lowest BCUT2D eigenvalue weighted by Crippen LogP contribution is -2.53. The van der Waals surface area contributed by atoms with Crippen molar-refractivity contribution in [2.75, 3.05) is 19.6 Å². The molecule has 182 valence electrons. The number of guanidine groups is 1. The average molecular weight is 466 g/mol. The number of carbonyl (C=O) groups is 4. The molecule has 0 saturated carbocycles. The third-order valence-electron chi connectivity index (χ3n) is 5.21. The Kier molecular flexibility index (Phi) is 9.60. The first kappa shape index (κ1) is 25.6. The molecule has 14 nitrogen and oxygen atoms in total. The number of aliphatic carboxylic acids is 1. The molecule has 2 heterocycles. The van der Waals surface area contributed by atoms with Gasteiger partial charge in [-0.25, -0.2) is 9.78 Å². The molecule has 1 saturated heterocycles. The Balaban J connectivity index is 1.83. The number of carboxylic acid groups (broad SMARTS) is 1. The fourth-order valence-electron chi connectivity index (χ4n) is 3.51. The molecule has 33 heavy (non-hydrogen) atoms. The van der Waals surface area contributed by atoms with E-state index in [1.54, 1.807) is 6.20 Å². The highest BCUT2D eigenvalue weighted by Crippen LogP contribution is 2.18. The smallest absolute Gasteiger partial charge is 0.326 e. The van der Waals surface area contributed by atoms with Crippen molar-refractivity contribution in [2.24, 2.45) is 11.5 Å². The van der Waals surface area contributed by atoms with E-state index in [1.807, 2.05) is 0 Å². The molecule has 1 fully saturated rings. The minimum absolute atomic E-state index is 0.131. The zero-order valence-electron chi connectivity index (χ0n) is 18.2. The van der Waals surface area contributed by atoms with Crippen LogP contribution in [-0.4, -0.2) is 87.4 Å². The Hall–Kier alpha value is -3.68. The monoisotopic (exact) mass is 465 g/mol. The molecule has 10 N–H and O–H groups in total. The van der Waals surface area contributed by atoms with E-state index in [4.69, 9.17) is 16.9 Å². The normalized spacial score (nSPS) is 17.1. The van der Waals surface area contributed by atoms with Crippen LogP contribution in [0.2, 0.25) is 0 Å². The van der Waals surface area contributed by atoms with E-state index in [0.29, 0.717) is 38.0 Å². The summed E-state index contributed by atoms with van der Waals surface area (Å²) in [6.07, 6.45) is 4.77. The first-order chi connectivity index (χ1) is 15.7. The quantitative estimate of drug-likeness (QED) is 0.0904. The van der Waals surface area contributed by atoms with Gasteiger partial charge in [0.1, 0.15) is 12.1 Å². The van der Waals surface area contributed by atoms with Crippen LogP contribution >= 0.6 is 0 Å². The molecule has 2 rings (SSSR count). The van der Waals surface area contributed by atoms with E-state index in [-0.39, 0.29) is 25.3 Å². The molecule has 1 aliphatic rings. The van der Waals surface area contributed by atoms with Gasteiger partial charge in [-0.15, -0.1) is 0 Å². The number of hydrogen-bond acceptors (Lipinski definition) is 7. The van der Waals surface area contributed by atoms with Gasteiger partial charge in [-0.3, -0.25) is 19.8 Å². The van der Waals surface area contributed by atoms with Crippen LogP contribution in [0.25, 0.3) is 0 Å². The molecular weight excluding hydrogens is 434 g/mol. The Labute approximate surface area is 190 Å². The summed E-state index contributed by atoms with van der Waals surface area (Å²) in [6, 6.07) is -2.83. The maximum absolute atomic E-state index is 12.7. The van der Waals surface area contributed by atoms with Gasteiger partial charge in [0.15, 0.2) is 5.96 Å². The van der Waals surface area contributed by atoms with Gasteiger partial charge in [-0.2, -0.15) is 0 Å². The molecule has 0 aromatic carbocycles. The van der Waals surface area contributed by atoms with E-state index in [2.05, 4.69) is 25.9 Å². The van der Waals surface area contributed by atoms with Crippen LogP contribution in [-0.2, 0) is 25.6 Å². The summed E-state index contributed by atoms with van der Waals surface area (Å²) < 4.78 is 0. The molecule has 0 aliphatic carbocycles. The van der Waals surface area contributed by atoms with Crippen molar-refractivity contribution in [2.45, 2.75) is 50.2 Å². The fraction of sp³-hybridized carbons (Fsp3) is 0.579. The van der Waals surface area contributed by atoms with Crippen LogP contribution in [0.1, 0.15) is 31.4 Å². The highest BCUT2D eigenvalue weighted by atomic mass is 16.4.